The second-order valence-electron chi connectivity index (χ2n) is 5.50. The lowest BCUT2D eigenvalue weighted by atomic mass is 10.0. The summed E-state index contributed by atoms with van der Waals surface area (Å²) in [7, 11) is 1.67. The summed E-state index contributed by atoms with van der Waals surface area (Å²) < 4.78 is 5.40. The van der Waals surface area contributed by atoms with Crippen LogP contribution in [-0.4, -0.2) is 19.6 Å². The monoisotopic (exact) mass is 348 g/mol. The molecule has 0 aliphatic rings. The van der Waals surface area contributed by atoms with Gasteiger partial charge in [0.2, 0.25) is 5.91 Å². The van der Waals surface area contributed by atoms with Gasteiger partial charge in [-0.2, -0.15) is 0 Å². The number of amides is 1. The molecule has 0 aliphatic heterocycles. The third-order valence-electron chi connectivity index (χ3n) is 3.81. The Morgan fingerprint density at radius 1 is 1.17 bits per heavy atom. The third kappa shape index (κ3) is 5.25. The molecular formula is C19H25ClN2O2. The van der Waals surface area contributed by atoms with E-state index < -0.39 is 0 Å². The number of nitrogens with one attached hydrogen (secondary N) is 1. The van der Waals surface area contributed by atoms with E-state index in [4.69, 9.17) is 10.5 Å². The first-order chi connectivity index (χ1) is 11.2. The Balaban J connectivity index is 0.00000288. The van der Waals surface area contributed by atoms with Crippen LogP contribution in [0.4, 0.5) is 0 Å². The van der Waals surface area contributed by atoms with Crippen LogP contribution in [0.3, 0.4) is 0 Å². The van der Waals surface area contributed by atoms with Crippen molar-refractivity contribution in [3.63, 3.8) is 0 Å². The maximum absolute atomic E-state index is 11.8. The van der Waals surface area contributed by atoms with Crippen molar-refractivity contribution >= 4 is 18.3 Å². The van der Waals surface area contributed by atoms with E-state index in [2.05, 4.69) is 17.4 Å². The summed E-state index contributed by atoms with van der Waals surface area (Å²) in [5, 5.41) is 2.99. The summed E-state index contributed by atoms with van der Waals surface area (Å²) in [4.78, 5) is 11.8. The first kappa shape index (κ1) is 20.0. The van der Waals surface area contributed by atoms with Crippen LogP contribution in [0, 0.1) is 0 Å². The van der Waals surface area contributed by atoms with Gasteiger partial charge < -0.3 is 15.8 Å². The molecule has 0 radical (unpaired) electrons. The zero-order chi connectivity index (χ0) is 16.7. The Kier molecular flexibility index (Phi) is 8.30. The van der Waals surface area contributed by atoms with Crippen LogP contribution in [0.25, 0.3) is 11.1 Å². The standard InChI is InChI=1S/C19H24N2O2.ClH/c1-14(21-19(22)8-5-13-20)15-9-11-16(12-10-15)17-6-3-4-7-18(17)23-2;/h3-4,6-7,9-12,14H,5,8,13,20H2,1-2H3,(H,21,22);1H. The van der Waals surface area contributed by atoms with Gasteiger partial charge in [0, 0.05) is 12.0 Å². The summed E-state index contributed by atoms with van der Waals surface area (Å²) >= 11 is 0. The maximum Gasteiger partial charge on any atom is 0.220 e. The lowest BCUT2D eigenvalue weighted by Crippen LogP contribution is -2.26. The zero-order valence-corrected chi connectivity index (χ0v) is 14.9. The van der Waals surface area contributed by atoms with E-state index in [1.54, 1.807) is 7.11 Å². The summed E-state index contributed by atoms with van der Waals surface area (Å²) in [6.07, 6.45) is 1.19. The van der Waals surface area contributed by atoms with Gasteiger partial charge in [-0.3, -0.25) is 4.79 Å². The summed E-state index contributed by atoms with van der Waals surface area (Å²) in [5.74, 6) is 0.889. The van der Waals surface area contributed by atoms with E-state index in [-0.39, 0.29) is 24.4 Å². The molecule has 130 valence electrons. The van der Waals surface area contributed by atoms with Gasteiger partial charge in [-0.1, -0.05) is 42.5 Å². The third-order valence-corrected chi connectivity index (χ3v) is 3.81. The van der Waals surface area contributed by atoms with Crippen molar-refractivity contribution in [1.29, 1.82) is 0 Å². The van der Waals surface area contributed by atoms with Crippen LogP contribution in [0.1, 0.15) is 31.4 Å². The topological polar surface area (TPSA) is 64.3 Å². The molecule has 1 unspecified atom stereocenters. The second-order valence-corrected chi connectivity index (χ2v) is 5.50. The fourth-order valence-electron chi connectivity index (χ4n) is 2.49. The number of ether oxygens (including phenoxy) is 1. The highest BCUT2D eigenvalue weighted by Gasteiger charge is 2.10. The molecule has 0 aromatic heterocycles. The lowest BCUT2D eigenvalue weighted by Gasteiger charge is -2.15. The highest BCUT2D eigenvalue weighted by atomic mass is 35.5. The molecule has 2 aromatic rings. The molecule has 0 spiro atoms. The number of hydrogen-bond donors (Lipinski definition) is 2. The summed E-state index contributed by atoms with van der Waals surface area (Å²) in [6, 6.07) is 16.1. The molecule has 5 heteroatoms. The number of methoxy groups -OCH3 is 1. The van der Waals surface area contributed by atoms with Gasteiger partial charge in [-0.05, 0) is 37.1 Å². The Labute approximate surface area is 149 Å². The predicted molar refractivity (Wildman–Crippen MR) is 101 cm³/mol. The van der Waals surface area contributed by atoms with E-state index in [0.717, 1.165) is 22.4 Å². The lowest BCUT2D eigenvalue weighted by molar-refractivity contribution is -0.121. The zero-order valence-electron chi connectivity index (χ0n) is 14.1. The number of para-hydroxylation sites is 1. The molecule has 1 amide bonds. The summed E-state index contributed by atoms with van der Waals surface area (Å²) in [5.41, 5.74) is 8.65. The molecule has 2 rings (SSSR count). The minimum Gasteiger partial charge on any atom is -0.496 e. The Hall–Kier alpha value is -2.04. The van der Waals surface area contributed by atoms with Crippen molar-refractivity contribution in [3.8, 4) is 16.9 Å². The Bertz CT molecular complexity index is 644. The van der Waals surface area contributed by atoms with E-state index in [0.29, 0.717) is 19.4 Å². The largest absolute Gasteiger partial charge is 0.496 e. The van der Waals surface area contributed by atoms with Crippen molar-refractivity contribution in [2.24, 2.45) is 5.73 Å². The molecule has 0 aliphatic carbocycles. The van der Waals surface area contributed by atoms with Gasteiger partial charge in [-0.15, -0.1) is 12.4 Å². The van der Waals surface area contributed by atoms with Crippen molar-refractivity contribution in [1.82, 2.24) is 5.32 Å². The van der Waals surface area contributed by atoms with Crippen molar-refractivity contribution < 1.29 is 9.53 Å². The molecule has 24 heavy (non-hydrogen) atoms. The number of nitrogens with two attached hydrogens (primary N) is 1. The molecule has 0 bridgehead atoms. The van der Waals surface area contributed by atoms with Crippen molar-refractivity contribution in [2.45, 2.75) is 25.8 Å². The van der Waals surface area contributed by atoms with Gasteiger partial charge in [0.15, 0.2) is 0 Å². The van der Waals surface area contributed by atoms with Gasteiger partial charge in [0.1, 0.15) is 5.75 Å². The molecule has 3 N–H and O–H groups in total. The quantitative estimate of drug-likeness (QED) is 0.801. The van der Waals surface area contributed by atoms with Gasteiger partial charge in [0.25, 0.3) is 0 Å². The number of carbonyl (C=O) groups excluding carboxylic acids is 1. The fraction of sp³-hybridized carbons (Fsp3) is 0.316. The SMILES string of the molecule is COc1ccccc1-c1ccc(C(C)NC(=O)CCCN)cc1.Cl. The first-order valence-electron chi connectivity index (χ1n) is 7.88. The Morgan fingerprint density at radius 3 is 2.46 bits per heavy atom. The Morgan fingerprint density at radius 2 is 1.83 bits per heavy atom. The number of carbonyl (C=O) groups is 1. The molecule has 0 fully saturated rings. The smallest absolute Gasteiger partial charge is 0.220 e. The highest BCUT2D eigenvalue weighted by molar-refractivity contribution is 5.85. The maximum atomic E-state index is 11.8. The van der Waals surface area contributed by atoms with E-state index >= 15 is 0 Å². The van der Waals surface area contributed by atoms with Crippen LogP contribution in [0.5, 0.6) is 5.75 Å². The normalized spacial score (nSPS) is 11.3. The van der Waals surface area contributed by atoms with Crippen LogP contribution in [-0.2, 0) is 4.79 Å². The fourth-order valence-corrected chi connectivity index (χ4v) is 2.49. The van der Waals surface area contributed by atoms with Crippen LogP contribution in [0.15, 0.2) is 48.5 Å². The molecule has 4 nitrogen and oxygen atoms in total. The number of hydrogen-bond acceptors (Lipinski definition) is 3. The van der Waals surface area contributed by atoms with Crippen LogP contribution in [0.2, 0.25) is 0 Å². The number of halogens is 1. The van der Waals surface area contributed by atoms with E-state index in [1.165, 1.54) is 0 Å². The highest BCUT2D eigenvalue weighted by Crippen LogP contribution is 2.30. The summed E-state index contributed by atoms with van der Waals surface area (Å²) in [6.45, 7) is 2.52. The van der Waals surface area contributed by atoms with Gasteiger partial charge in [-0.25, -0.2) is 0 Å². The van der Waals surface area contributed by atoms with E-state index in [9.17, 15) is 4.79 Å². The molecular weight excluding hydrogens is 324 g/mol. The van der Waals surface area contributed by atoms with Crippen molar-refractivity contribution in [3.05, 3.63) is 54.1 Å². The van der Waals surface area contributed by atoms with E-state index in [1.807, 2.05) is 43.3 Å². The average molecular weight is 349 g/mol. The minimum absolute atomic E-state index is 0. The van der Waals surface area contributed by atoms with Crippen molar-refractivity contribution in [2.75, 3.05) is 13.7 Å². The van der Waals surface area contributed by atoms with Crippen LogP contribution < -0.4 is 15.8 Å². The van der Waals surface area contributed by atoms with Crippen LogP contribution >= 0.6 is 12.4 Å². The average Bonchev–Trinajstić information content (AvgIpc) is 2.60. The molecule has 1 atom stereocenters. The molecule has 0 heterocycles. The number of rotatable bonds is 7. The minimum atomic E-state index is -0.0213. The van der Waals surface area contributed by atoms with Gasteiger partial charge >= 0.3 is 0 Å². The molecule has 0 saturated carbocycles. The molecule has 0 saturated heterocycles. The van der Waals surface area contributed by atoms with Gasteiger partial charge in [0.05, 0.1) is 13.2 Å². The second kappa shape index (κ2) is 9.96. The first-order valence-corrected chi connectivity index (χ1v) is 7.88. The number of benzene rings is 2. The molecule has 2 aromatic carbocycles. The predicted octanol–water partition coefficient (Wildman–Crippen LogP) is 3.70.